The molecule has 2 aromatic carbocycles. The first-order chi connectivity index (χ1) is 15.0. The van der Waals surface area contributed by atoms with Gasteiger partial charge in [-0.2, -0.15) is 0 Å². The van der Waals surface area contributed by atoms with Gasteiger partial charge in [-0.3, -0.25) is 0 Å². The highest BCUT2D eigenvalue weighted by molar-refractivity contribution is 6.31. The van der Waals surface area contributed by atoms with Gasteiger partial charge in [0.15, 0.2) is 0 Å². The van der Waals surface area contributed by atoms with Gasteiger partial charge in [0.25, 0.3) is 0 Å². The molecule has 7 heteroatoms. The predicted molar refractivity (Wildman–Crippen MR) is 122 cm³/mol. The van der Waals surface area contributed by atoms with Crippen LogP contribution in [0.5, 0.6) is 5.75 Å². The summed E-state index contributed by atoms with van der Waals surface area (Å²) >= 11 is 5.88. The number of benzene rings is 2. The summed E-state index contributed by atoms with van der Waals surface area (Å²) in [5, 5.41) is 4.12. The molecule has 1 aliphatic heterocycles. The van der Waals surface area contributed by atoms with Crippen LogP contribution in [0.15, 0.2) is 42.7 Å². The fourth-order valence-electron chi connectivity index (χ4n) is 4.77. The first kappa shape index (κ1) is 20.5. The molecule has 1 aliphatic carbocycles. The average Bonchev–Trinajstić information content (AvgIpc) is 3.45. The van der Waals surface area contributed by atoms with Crippen molar-refractivity contribution in [2.75, 3.05) is 32.1 Å². The Hall–Kier alpha value is -2.44. The number of rotatable bonds is 6. The molecule has 0 bridgehead atoms. The second-order valence-electron chi connectivity index (χ2n) is 8.86. The molecule has 3 aromatic rings. The van der Waals surface area contributed by atoms with Gasteiger partial charge in [0.1, 0.15) is 23.7 Å². The molecule has 1 atom stereocenters. The lowest BCUT2D eigenvalue weighted by Gasteiger charge is -2.30. The number of halogens is 2. The lowest BCUT2D eigenvalue weighted by Crippen LogP contribution is -2.32. The molecule has 1 aromatic heterocycles. The van der Waals surface area contributed by atoms with Gasteiger partial charge in [-0.25, -0.2) is 14.4 Å². The molecular weight excluding hydrogens is 415 g/mol. The average molecular weight is 441 g/mol. The van der Waals surface area contributed by atoms with E-state index in [0.717, 1.165) is 35.6 Å². The van der Waals surface area contributed by atoms with E-state index in [1.807, 2.05) is 18.2 Å². The lowest BCUT2D eigenvalue weighted by atomic mass is 9.90. The zero-order valence-electron chi connectivity index (χ0n) is 17.6. The molecule has 2 aliphatic rings. The van der Waals surface area contributed by atoms with Crippen LogP contribution in [-0.2, 0) is 0 Å². The van der Waals surface area contributed by atoms with Crippen LogP contribution in [0.4, 0.5) is 15.9 Å². The van der Waals surface area contributed by atoms with E-state index in [2.05, 4.69) is 27.2 Å². The van der Waals surface area contributed by atoms with Gasteiger partial charge in [-0.05, 0) is 87.5 Å². The number of aromatic nitrogens is 2. The van der Waals surface area contributed by atoms with E-state index in [4.69, 9.17) is 16.3 Å². The number of likely N-dealkylation sites (tertiary alicyclic amines) is 1. The SMILES string of the molecule is CN1CCC2(CC1)CC2CCOc1ccc2c(Nc3ccc(F)c(Cl)c3)ncnc2c1. The van der Waals surface area contributed by atoms with Crippen LogP contribution in [-0.4, -0.2) is 41.6 Å². The quantitative estimate of drug-likeness (QED) is 0.535. The third-order valence-corrected chi connectivity index (χ3v) is 7.16. The number of anilines is 2. The van der Waals surface area contributed by atoms with Crippen molar-refractivity contribution in [1.29, 1.82) is 0 Å². The normalized spacial score (nSPS) is 20.2. The third kappa shape index (κ3) is 4.32. The van der Waals surface area contributed by atoms with E-state index in [0.29, 0.717) is 16.9 Å². The first-order valence-corrected chi connectivity index (χ1v) is 11.2. The van der Waals surface area contributed by atoms with Gasteiger partial charge in [0.2, 0.25) is 0 Å². The Balaban J connectivity index is 1.22. The molecule has 5 rings (SSSR count). The Bertz CT molecular complexity index is 1100. The van der Waals surface area contributed by atoms with Gasteiger partial charge in [0.05, 0.1) is 17.1 Å². The number of nitrogens with one attached hydrogen (secondary N) is 1. The summed E-state index contributed by atoms with van der Waals surface area (Å²) in [6.45, 7) is 3.18. The van der Waals surface area contributed by atoms with Crippen molar-refractivity contribution >= 4 is 34.0 Å². The molecule has 0 amide bonds. The van der Waals surface area contributed by atoms with Gasteiger partial charge < -0.3 is 15.0 Å². The van der Waals surface area contributed by atoms with Crippen molar-refractivity contribution in [1.82, 2.24) is 14.9 Å². The zero-order valence-corrected chi connectivity index (χ0v) is 18.3. The fraction of sp³-hybridized carbons (Fsp3) is 0.417. The Kier molecular flexibility index (Phi) is 5.44. The van der Waals surface area contributed by atoms with Gasteiger partial charge in [0, 0.05) is 17.1 Å². The molecule has 2 heterocycles. The smallest absolute Gasteiger partial charge is 0.141 e. The number of fused-ring (bicyclic) bond motifs is 1. The molecule has 1 saturated heterocycles. The topological polar surface area (TPSA) is 50.3 Å². The number of ether oxygens (including phenoxy) is 1. The summed E-state index contributed by atoms with van der Waals surface area (Å²) in [6.07, 6.45) is 6.64. The minimum absolute atomic E-state index is 0.0664. The van der Waals surface area contributed by atoms with Crippen molar-refractivity contribution in [3.05, 3.63) is 53.6 Å². The van der Waals surface area contributed by atoms with Crippen molar-refractivity contribution in [3.8, 4) is 5.75 Å². The number of hydrogen-bond acceptors (Lipinski definition) is 5. The minimum atomic E-state index is -0.450. The van der Waals surface area contributed by atoms with E-state index in [9.17, 15) is 4.39 Å². The molecule has 1 saturated carbocycles. The second kappa shape index (κ2) is 8.24. The van der Waals surface area contributed by atoms with Gasteiger partial charge in [-0.15, -0.1) is 0 Å². The predicted octanol–water partition coefficient (Wildman–Crippen LogP) is 5.67. The fourth-order valence-corrected chi connectivity index (χ4v) is 4.95. The molecule has 0 radical (unpaired) electrons. The van der Waals surface area contributed by atoms with Crippen LogP contribution in [0.25, 0.3) is 10.9 Å². The largest absolute Gasteiger partial charge is 0.494 e. The number of piperidine rings is 1. The van der Waals surface area contributed by atoms with E-state index in [1.54, 1.807) is 6.07 Å². The summed E-state index contributed by atoms with van der Waals surface area (Å²) in [6, 6.07) is 10.3. The Labute approximate surface area is 186 Å². The molecule has 1 unspecified atom stereocenters. The standard InChI is InChI=1S/C24H26ClFN4O/c1-30-9-7-24(8-10-30)14-16(24)6-11-31-18-3-4-19-22(13-18)27-15-28-23(19)29-17-2-5-21(26)20(25)12-17/h2-5,12-13,15-16H,6-11,14H2,1H3,(H,27,28,29). The monoisotopic (exact) mass is 440 g/mol. The summed E-state index contributed by atoms with van der Waals surface area (Å²) in [4.78, 5) is 11.1. The Morgan fingerprint density at radius 1 is 1.19 bits per heavy atom. The van der Waals surface area contributed by atoms with E-state index in [-0.39, 0.29) is 5.02 Å². The van der Waals surface area contributed by atoms with E-state index in [1.165, 1.54) is 50.8 Å². The summed E-state index contributed by atoms with van der Waals surface area (Å²) in [7, 11) is 2.21. The first-order valence-electron chi connectivity index (χ1n) is 10.8. The van der Waals surface area contributed by atoms with Crippen molar-refractivity contribution in [2.24, 2.45) is 11.3 Å². The van der Waals surface area contributed by atoms with E-state index < -0.39 is 5.82 Å². The molecule has 162 valence electrons. The van der Waals surface area contributed by atoms with Crippen LogP contribution < -0.4 is 10.1 Å². The second-order valence-corrected chi connectivity index (χ2v) is 9.27. The highest BCUT2D eigenvalue weighted by atomic mass is 35.5. The molecule has 2 fully saturated rings. The molecule has 1 N–H and O–H groups in total. The Morgan fingerprint density at radius 2 is 2.03 bits per heavy atom. The molecule has 1 spiro atoms. The highest BCUT2D eigenvalue weighted by Gasteiger charge is 2.53. The number of nitrogens with zero attached hydrogens (tertiary/aromatic N) is 3. The molecular formula is C24H26ClFN4O. The maximum absolute atomic E-state index is 13.4. The van der Waals surface area contributed by atoms with Crippen molar-refractivity contribution in [2.45, 2.75) is 25.7 Å². The molecule has 5 nitrogen and oxygen atoms in total. The zero-order chi connectivity index (χ0) is 21.4. The Morgan fingerprint density at radius 3 is 2.84 bits per heavy atom. The summed E-state index contributed by atoms with van der Waals surface area (Å²) in [5.41, 5.74) is 2.05. The maximum Gasteiger partial charge on any atom is 0.141 e. The maximum atomic E-state index is 13.4. The van der Waals surface area contributed by atoms with Crippen LogP contribution in [0.1, 0.15) is 25.7 Å². The number of hydrogen-bond donors (Lipinski definition) is 1. The highest BCUT2D eigenvalue weighted by Crippen LogP contribution is 2.60. The van der Waals surface area contributed by atoms with Crippen LogP contribution in [0.3, 0.4) is 0 Å². The van der Waals surface area contributed by atoms with Crippen LogP contribution in [0, 0.1) is 17.2 Å². The van der Waals surface area contributed by atoms with Gasteiger partial charge in [-0.1, -0.05) is 11.6 Å². The van der Waals surface area contributed by atoms with Gasteiger partial charge >= 0.3 is 0 Å². The van der Waals surface area contributed by atoms with Crippen molar-refractivity contribution in [3.63, 3.8) is 0 Å². The minimum Gasteiger partial charge on any atom is -0.494 e. The summed E-state index contributed by atoms with van der Waals surface area (Å²) in [5.74, 6) is 1.82. The lowest BCUT2D eigenvalue weighted by molar-refractivity contribution is 0.185. The molecule has 31 heavy (non-hydrogen) atoms. The summed E-state index contributed by atoms with van der Waals surface area (Å²) < 4.78 is 19.5. The van der Waals surface area contributed by atoms with Crippen LogP contribution >= 0.6 is 11.6 Å². The van der Waals surface area contributed by atoms with Crippen LogP contribution in [0.2, 0.25) is 5.02 Å². The van der Waals surface area contributed by atoms with Crippen molar-refractivity contribution < 1.29 is 9.13 Å². The third-order valence-electron chi connectivity index (χ3n) is 6.87. The van der Waals surface area contributed by atoms with E-state index >= 15 is 0 Å².